The summed E-state index contributed by atoms with van der Waals surface area (Å²) < 4.78 is 6.51. The van der Waals surface area contributed by atoms with Crippen molar-refractivity contribution in [3.05, 3.63) is 57.1 Å². The van der Waals surface area contributed by atoms with Gasteiger partial charge in [-0.2, -0.15) is 0 Å². The summed E-state index contributed by atoms with van der Waals surface area (Å²) in [5.74, 6) is -0.558. The number of anilines is 2. The first-order chi connectivity index (χ1) is 16.5. The molecule has 0 bridgehead atoms. The molecule has 1 saturated heterocycles. The number of urea groups is 1. The molecule has 1 N–H and O–H groups in total. The average Bonchev–Trinajstić information content (AvgIpc) is 2.77. The van der Waals surface area contributed by atoms with Crippen LogP contribution < -0.4 is 19.9 Å². The van der Waals surface area contributed by atoms with E-state index in [1.165, 1.54) is 6.08 Å². The molecule has 7 nitrogen and oxygen atoms in total. The molecule has 2 aromatic rings. The molecule has 0 spiro atoms. The molecule has 1 atom stereocenters. The molecular formula is C27H30BrN3O4. The van der Waals surface area contributed by atoms with Gasteiger partial charge in [0.1, 0.15) is 11.3 Å². The number of fused-ring (bicyclic) bond motifs is 1. The van der Waals surface area contributed by atoms with Gasteiger partial charge in [0.2, 0.25) is 0 Å². The topological polar surface area (TPSA) is 79.0 Å². The number of hydrogen-bond acceptors (Lipinski definition) is 5. The van der Waals surface area contributed by atoms with Crippen molar-refractivity contribution in [3.8, 4) is 5.75 Å². The Balaban J connectivity index is 1.82. The highest BCUT2D eigenvalue weighted by molar-refractivity contribution is 9.10. The highest BCUT2D eigenvalue weighted by atomic mass is 79.9. The largest absolute Gasteiger partial charge is 0.496 e. The molecular weight excluding hydrogens is 510 g/mol. The highest BCUT2D eigenvalue weighted by Gasteiger charge is 2.39. The number of barbiturate groups is 1. The maximum absolute atomic E-state index is 13.4. The zero-order valence-corrected chi connectivity index (χ0v) is 22.4. The number of ether oxygens (including phenoxy) is 1. The van der Waals surface area contributed by atoms with Crippen molar-refractivity contribution in [3.63, 3.8) is 0 Å². The van der Waals surface area contributed by atoms with Crippen molar-refractivity contribution in [1.82, 2.24) is 5.32 Å². The quantitative estimate of drug-likeness (QED) is 0.407. The molecule has 2 aliphatic heterocycles. The van der Waals surface area contributed by atoms with Crippen LogP contribution in [-0.4, -0.2) is 37.0 Å². The predicted molar refractivity (Wildman–Crippen MR) is 141 cm³/mol. The Morgan fingerprint density at radius 3 is 2.51 bits per heavy atom. The molecule has 1 fully saturated rings. The molecule has 2 aliphatic rings. The first-order valence-corrected chi connectivity index (χ1v) is 12.4. The average molecular weight is 540 g/mol. The summed E-state index contributed by atoms with van der Waals surface area (Å²) in [6.45, 7) is 11.4. The molecule has 184 valence electrons. The summed E-state index contributed by atoms with van der Waals surface area (Å²) in [6.07, 6.45) is 2.49. The lowest BCUT2D eigenvalue weighted by Gasteiger charge is -2.47. The number of halogens is 1. The molecule has 0 aromatic heterocycles. The van der Waals surface area contributed by atoms with E-state index in [1.54, 1.807) is 26.2 Å². The first-order valence-electron chi connectivity index (χ1n) is 11.7. The van der Waals surface area contributed by atoms with Crippen LogP contribution in [0.25, 0.3) is 6.08 Å². The first kappa shape index (κ1) is 25.0. The van der Waals surface area contributed by atoms with Gasteiger partial charge < -0.3 is 9.64 Å². The van der Waals surface area contributed by atoms with Gasteiger partial charge in [-0.15, -0.1) is 0 Å². The van der Waals surface area contributed by atoms with Gasteiger partial charge in [-0.3, -0.25) is 14.9 Å². The van der Waals surface area contributed by atoms with Gasteiger partial charge in [0.05, 0.1) is 12.8 Å². The normalized spacial score (nSPS) is 20.7. The van der Waals surface area contributed by atoms with Crippen LogP contribution in [0.3, 0.4) is 0 Å². The zero-order chi connectivity index (χ0) is 25.7. The number of rotatable bonds is 4. The van der Waals surface area contributed by atoms with Crippen LogP contribution in [0.2, 0.25) is 0 Å². The van der Waals surface area contributed by atoms with Crippen LogP contribution in [0.5, 0.6) is 5.75 Å². The monoisotopic (exact) mass is 539 g/mol. The van der Waals surface area contributed by atoms with Crippen molar-refractivity contribution < 1.29 is 19.1 Å². The number of nitrogens with one attached hydrogen (secondary N) is 1. The van der Waals surface area contributed by atoms with Crippen LogP contribution in [0, 0.1) is 6.92 Å². The van der Waals surface area contributed by atoms with Gasteiger partial charge in [-0.05, 0) is 81.5 Å². The fourth-order valence-electron chi connectivity index (χ4n) is 5.32. The second-order valence-corrected chi connectivity index (χ2v) is 10.6. The van der Waals surface area contributed by atoms with Crippen molar-refractivity contribution >= 4 is 51.2 Å². The van der Waals surface area contributed by atoms with Crippen LogP contribution in [-0.2, 0) is 9.59 Å². The minimum atomic E-state index is -0.769. The number of imide groups is 2. The van der Waals surface area contributed by atoms with E-state index in [-0.39, 0.29) is 17.0 Å². The maximum Gasteiger partial charge on any atom is 0.335 e. The predicted octanol–water partition coefficient (Wildman–Crippen LogP) is 5.54. The summed E-state index contributed by atoms with van der Waals surface area (Å²) in [4.78, 5) is 42.2. The van der Waals surface area contributed by atoms with E-state index in [4.69, 9.17) is 4.74 Å². The van der Waals surface area contributed by atoms with E-state index in [0.29, 0.717) is 17.0 Å². The third-order valence-corrected chi connectivity index (χ3v) is 7.35. The van der Waals surface area contributed by atoms with Crippen molar-refractivity contribution in [1.29, 1.82) is 0 Å². The van der Waals surface area contributed by atoms with E-state index < -0.39 is 17.8 Å². The summed E-state index contributed by atoms with van der Waals surface area (Å²) >= 11 is 3.40. The molecule has 4 amide bonds. The lowest BCUT2D eigenvalue weighted by molar-refractivity contribution is -0.122. The smallest absolute Gasteiger partial charge is 0.335 e. The number of benzene rings is 2. The Hall–Kier alpha value is -3.13. The Morgan fingerprint density at radius 2 is 1.89 bits per heavy atom. The molecule has 8 heteroatoms. The molecule has 4 rings (SSSR count). The molecule has 2 aromatic carbocycles. The summed E-state index contributed by atoms with van der Waals surface area (Å²) in [5, 5.41) is 2.30. The van der Waals surface area contributed by atoms with E-state index in [2.05, 4.69) is 53.8 Å². The molecule has 0 aliphatic carbocycles. The van der Waals surface area contributed by atoms with E-state index in [1.807, 2.05) is 18.2 Å². The number of carbonyl (C=O) groups excluding carboxylic acids is 3. The fourth-order valence-corrected chi connectivity index (χ4v) is 5.79. The van der Waals surface area contributed by atoms with Gasteiger partial charge in [0, 0.05) is 33.9 Å². The molecule has 35 heavy (non-hydrogen) atoms. The van der Waals surface area contributed by atoms with Crippen LogP contribution in [0.15, 0.2) is 40.4 Å². The fraction of sp³-hybridized carbons (Fsp3) is 0.370. The lowest BCUT2D eigenvalue weighted by Crippen LogP contribution is -2.54. The van der Waals surface area contributed by atoms with Gasteiger partial charge in [0.15, 0.2) is 0 Å². The number of aryl methyl sites for hydroxylation is 1. The van der Waals surface area contributed by atoms with Crippen LogP contribution in [0.4, 0.5) is 16.2 Å². The van der Waals surface area contributed by atoms with Gasteiger partial charge in [0.25, 0.3) is 11.8 Å². The van der Waals surface area contributed by atoms with E-state index >= 15 is 0 Å². The molecule has 0 saturated carbocycles. The molecule has 0 radical (unpaired) electrons. The lowest BCUT2D eigenvalue weighted by atomic mass is 9.79. The number of amides is 4. The number of hydrogen-bond donors (Lipinski definition) is 1. The summed E-state index contributed by atoms with van der Waals surface area (Å²) in [7, 11) is 1.57. The number of methoxy groups -OCH3 is 1. The number of carbonyl (C=O) groups is 3. The Morgan fingerprint density at radius 1 is 1.17 bits per heavy atom. The minimum Gasteiger partial charge on any atom is -0.496 e. The second kappa shape index (κ2) is 9.15. The summed E-state index contributed by atoms with van der Waals surface area (Å²) in [5.41, 5.74) is 3.86. The number of nitrogens with zero attached hydrogens (tertiary/aromatic N) is 2. The third-order valence-electron chi connectivity index (χ3n) is 6.85. The third kappa shape index (κ3) is 4.35. The second-order valence-electron chi connectivity index (χ2n) is 9.70. The molecule has 1 unspecified atom stereocenters. The van der Waals surface area contributed by atoms with E-state index in [9.17, 15) is 14.4 Å². The maximum atomic E-state index is 13.4. The van der Waals surface area contributed by atoms with Gasteiger partial charge >= 0.3 is 6.03 Å². The van der Waals surface area contributed by atoms with Crippen LogP contribution >= 0.6 is 15.9 Å². The SMILES string of the molecule is CCN1c2cc(OC)c(/C=C3/C(=O)NC(=O)N(c4ccc(Br)cc4C)C3=O)cc2C(C)CC1(C)C. The highest BCUT2D eigenvalue weighted by Crippen LogP contribution is 2.46. The van der Waals surface area contributed by atoms with Gasteiger partial charge in [-0.1, -0.05) is 22.9 Å². The van der Waals surface area contributed by atoms with E-state index in [0.717, 1.165) is 39.2 Å². The van der Waals surface area contributed by atoms with Crippen molar-refractivity contribution in [2.45, 2.75) is 52.5 Å². The Bertz CT molecular complexity index is 1270. The molecule has 2 heterocycles. The van der Waals surface area contributed by atoms with Crippen LogP contribution in [0.1, 0.15) is 56.7 Å². The Kier molecular flexibility index (Phi) is 6.53. The zero-order valence-electron chi connectivity index (χ0n) is 20.9. The van der Waals surface area contributed by atoms with Gasteiger partial charge in [-0.25, -0.2) is 9.69 Å². The van der Waals surface area contributed by atoms with Crippen molar-refractivity contribution in [2.24, 2.45) is 0 Å². The minimum absolute atomic E-state index is 0.00518. The standard InChI is InChI=1S/C27H30BrN3O4/c1-7-30-22-13-23(35-6)17(11-19(22)16(3)14-27(30,4)5)12-20-24(32)29-26(34)31(25(20)33)21-9-8-18(28)10-15(21)2/h8-13,16H,7,14H2,1-6H3,(H,29,32,34)/b20-12-. The summed E-state index contributed by atoms with van der Waals surface area (Å²) in [6, 6.07) is 8.44. The Labute approximate surface area is 214 Å². The van der Waals surface area contributed by atoms with Crippen molar-refractivity contribution in [2.75, 3.05) is 23.5 Å².